The molecule has 0 atom stereocenters. The van der Waals surface area contributed by atoms with Gasteiger partial charge in [-0.2, -0.15) is 0 Å². The van der Waals surface area contributed by atoms with Crippen LogP contribution in [0, 0.1) is 0 Å². The first kappa shape index (κ1) is 22.5. The summed E-state index contributed by atoms with van der Waals surface area (Å²) >= 11 is 0. The fourth-order valence-electron chi connectivity index (χ4n) is 5.41. The van der Waals surface area contributed by atoms with E-state index in [9.17, 15) is 0 Å². The molecule has 0 bridgehead atoms. The minimum atomic E-state index is 0.805. The van der Waals surface area contributed by atoms with Crippen molar-refractivity contribution in [2.24, 2.45) is 0 Å². The summed E-state index contributed by atoms with van der Waals surface area (Å²) in [5.41, 5.74) is 7.27. The molecule has 4 aromatic heterocycles. The van der Waals surface area contributed by atoms with Gasteiger partial charge in [-0.3, -0.25) is 4.98 Å². The average molecular weight is 511 g/mol. The molecule has 4 aromatic carbocycles. The van der Waals surface area contributed by atoms with Crippen molar-refractivity contribution >= 4 is 43.4 Å². The Morgan fingerprint density at radius 2 is 0.800 bits per heavy atom. The lowest BCUT2D eigenvalue weighted by atomic mass is 10.0. The van der Waals surface area contributed by atoms with Gasteiger partial charge in [0.05, 0.1) is 33.8 Å². The monoisotopic (exact) mass is 510 g/mol. The maximum atomic E-state index is 5.10. The molecule has 0 saturated carbocycles. The summed E-state index contributed by atoms with van der Waals surface area (Å²) in [5, 5.41) is 6.98. The van der Waals surface area contributed by atoms with Gasteiger partial charge in [-0.15, -0.1) is 0 Å². The van der Waals surface area contributed by atoms with E-state index in [1.807, 2.05) is 24.5 Å². The smallest absolute Gasteiger partial charge is 0.0900 e. The quantitative estimate of drug-likeness (QED) is 0.223. The second-order valence-corrected chi connectivity index (χ2v) is 10.0. The predicted molar refractivity (Wildman–Crippen MR) is 164 cm³/mol. The third kappa shape index (κ3) is 3.94. The van der Waals surface area contributed by atoms with Gasteiger partial charge in [-0.25, -0.2) is 15.0 Å². The number of aromatic nitrogens is 4. The number of hydrogen-bond acceptors (Lipinski definition) is 4. The van der Waals surface area contributed by atoms with Crippen LogP contribution in [0.25, 0.3) is 77.3 Å². The number of rotatable bonds is 3. The highest BCUT2D eigenvalue weighted by Gasteiger charge is 2.13. The van der Waals surface area contributed by atoms with Crippen LogP contribution < -0.4 is 0 Å². The largest absolute Gasteiger partial charge is 0.265 e. The van der Waals surface area contributed by atoms with E-state index < -0.39 is 0 Å². The van der Waals surface area contributed by atoms with Gasteiger partial charge >= 0.3 is 0 Å². The van der Waals surface area contributed by atoms with Gasteiger partial charge in [0, 0.05) is 23.2 Å². The van der Waals surface area contributed by atoms with Gasteiger partial charge in [0.15, 0.2) is 0 Å². The standard InChI is InChI=1S/C36H22N4/c1-3-7-26-19-33-28(17-24(26)5-1)9-11-31(38-33)35-21-30(23-13-15-37-16-14-23)22-36(40-35)32-12-10-29-18-25-6-2-4-8-27(25)20-34(29)39-32/h1-22H. The molecule has 0 fully saturated rings. The molecule has 4 heterocycles. The summed E-state index contributed by atoms with van der Waals surface area (Å²) in [6.07, 6.45) is 3.63. The number of fused-ring (bicyclic) bond motifs is 4. The lowest BCUT2D eigenvalue weighted by Gasteiger charge is -2.11. The SMILES string of the molecule is c1ccc2cc3nc(-c4cc(-c5ccncc5)cc(-c5ccc6cc7ccccc7cc6n5)n4)ccc3cc2c1. The Kier molecular flexibility index (Phi) is 5.10. The van der Waals surface area contributed by atoms with Crippen LogP contribution in [0.5, 0.6) is 0 Å². The molecule has 0 aliphatic heterocycles. The van der Waals surface area contributed by atoms with Crippen LogP contribution in [0.3, 0.4) is 0 Å². The Balaban J connectivity index is 1.31. The molecule has 0 radical (unpaired) electrons. The average Bonchev–Trinajstić information content (AvgIpc) is 3.02. The zero-order chi connectivity index (χ0) is 26.5. The molecule has 8 aromatic rings. The van der Waals surface area contributed by atoms with E-state index in [2.05, 4.69) is 114 Å². The van der Waals surface area contributed by atoms with Gasteiger partial charge in [-0.1, -0.05) is 60.7 Å². The van der Waals surface area contributed by atoms with Crippen molar-refractivity contribution in [1.82, 2.24) is 19.9 Å². The topological polar surface area (TPSA) is 51.6 Å². The third-order valence-electron chi connectivity index (χ3n) is 7.48. The lowest BCUT2D eigenvalue weighted by molar-refractivity contribution is 1.25. The maximum Gasteiger partial charge on any atom is 0.0900 e. The van der Waals surface area contributed by atoms with Crippen LogP contribution in [-0.2, 0) is 0 Å². The Morgan fingerprint density at radius 3 is 1.30 bits per heavy atom. The zero-order valence-corrected chi connectivity index (χ0v) is 21.5. The molecule has 0 N–H and O–H groups in total. The van der Waals surface area contributed by atoms with Crippen molar-refractivity contribution in [2.45, 2.75) is 0 Å². The molecule has 0 aliphatic carbocycles. The van der Waals surface area contributed by atoms with E-state index in [-0.39, 0.29) is 0 Å². The highest BCUT2D eigenvalue weighted by atomic mass is 14.8. The van der Waals surface area contributed by atoms with Gasteiger partial charge in [0.25, 0.3) is 0 Å². The van der Waals surface area contributed by atoms with Crippen LogP contribution >= 0.6 is 0 Å². The van der Waals surface area contributed by atoms with Gasteiger partial charge in [-0.05, 0) is 93.3 Å². The molecular weight excluding hydrogens is 488 g/mol. The second kappa shape index (κ2) is 9.07. The van der Waals surface area contributed by atoms with E-state index >= 15 is 0 Å². The van der Waals surface area contributed by atoms with Crippen molar-refractivity contribution in [3.63, 3.8) is 0 Å². The zero-order valence-electron chi connectivity index (χ0n) is 21.5. The highest BCUT2D eigenvalue weighted by molar-refractivity contribution is 5.98. The van der Waals surface area contributed by atoms with E-state index in [4.69, 9.17) is 15.0 Å². The molecule has 0 saturated heterocycles. The highest BCUT2D eigenvalue weighted by Crippen LogP contribution is 2.32. The number of benzene rings is 4. The van der Waals surface area contributed by atoms with Crippen LogP contribution in [0.1, 0.15) is 0 Å². The van der Waals surface area contributed by atoms with Crippen LogP contribution in [0.15, 0.2) is 134 Å². The summed E-state index contributed by atoms with van der Waals surface area (Å²) < 4.78 is 0. The van der Waals surface area contributed by atoms with Crippen molar-refractivity contribution < 1.29 is 0 Å². The molecule has 0 spiro atoms. The normalized spacial score (nSPS) is 11.5. The summed E-state index contributed by atoms with van der Waals surface area (Å²) in [6.45, 7) is 0. The van der Waals surface area contributed by atoms with Gasteiger partial charge in [0.1, 0.15) is 0 Å². The molecule has 8 rings (SSSR count). The summed E-state index contributed by atoms with van der Waals surface area (Å²) in [4.78, 5) is 19.4. The Morgan fingerprint density at radius 1 is 0.325 bits per heavy atom. The summed E-state index contributed by atoms with van der Waals surface area (Å²) in [5.74, 6) is 0. The number of pyridine rings is 4. The first-order valence-corrected chi connectivity index (χ1v) is 13.3. The van der Waals surface area contributed by atoms with E-state index in [1.165, 1.54) is 21.5 Å². The first-order chi connectivity index (χ1) is 19.8. The molecule has 4 heteroatoms. The molecular formula is C36H22N4. The Bertz CT molecular complexity index is 2080. The molecule has 186 valence electrons. The maximum absolute atomic E-state index is 5.10. The van der Waals surface area contributed by atoms with Crippen molar-refractivity contribution in [3.05, 3.63) is 134 Å². The van der Waals surface area contributed by atoms with Crippen LogP contribution in [0.4, 0.5) is 0 Å². The van der Waals surface area contributed by atoms with E-state index in [0.29, 0.717) is 0 Å². The minimum absolute atomic E-state index is 0.805. The van der Waals surface area contributed by atoms with Crippen molar-refractivity contribution in [3.8, 4) is 33.9 Å². The molecule has 40 heavy (non-hydrogen) atoms. The molecule has 4 nitrogen and oxygen atoms in total. The first-order valence-electron chi connectivity index (χ1n) is 13.3. The third-order valence-corrected chi connectivity index (χ3v) is 7.48. The van der Waals surface area contributed by atoms with Crippen LogP contribution in [0.2, 0.25) is 0 Å². The summed E-state index contributed by atoms with van der Waals surface area (Å²) in [7, 11) is 0. The van der Waals surface area contributed by atoms with Gasteiger partial charge < -0.3 is 0 Å². The fraction of sp³-hybridized carbons (Fsp3) is 0. The minimum Gasteiger partial charge on any atom is -0.265 e. The lowest BCUT2D eigenvalue weighted by Crippen LogP contribution is -1.95. The van der Waals surface area contributed by atoms with Gasteiger partial charge in [0.2, 0.25) is 0 Å². The molecule has 0 amide bonds. The van der Waals surface area contributed by atoms with E-state index in [1.54, 1.807) is 0 Å². The Labute approximate surface area is 230 Å². The summed E-state index contributed by atoms with van der Waals surface area (Å²) in [6, 6.07) is 42.0. The van der Waals surface area contributed by atoms with Crippen molar-refractivity contribution in [1.29, 1.82) is 0 Å². The predicted octanol–water partition coefficient (Wildman–Crippen LogP) is 8.88. The number of hydrogen-bond donors (Lipinski definition) is 0. The number of nitrogens with zero attached hydrogens (tertiary/aromatic N) is 4. The fourth-order valence-corrected chi connectivity index (χ4v) is 5.41. The molecule has 0 aliphatic rings. The molecule has 0 unspecified atom stereocenters. The van der Waals surface area contributed by atoms with Crippen LogP contribution in [-0.4, -0.2) is 19.9 Å². The Hall–Kier alpha value is -5.48. The van der Waals surface area contributed by atoms with E-state index in [0.717, 1.165) is 55.7 Å². The van der Waals surface area contributed by atoms with Crippen molar-refractivity contribution in [2.75, 3.05) is 0 Å². The second-order valence-electron chi connectivity index (χ2n) is 10.0.